The van der Waals surface area contributed by atoms with E-state index in [1.807, 2.05) is 13.8 Å². The first kappa shape index (κ1) is 18.3. The van der Waals surface area contributed by atoms with Gasteiger partial charge in [0, 0.05) is 12.1 Å². The predicted octanol–water partition coefficient (Wildman–Crippen LogP) is 2.17. The van der Waals surface area contributed by atoms with Gasteiger partial charge in [0.15, 0.2) is 0 Å². The Morgan fingerprint density at radius 3 is 2.50 bits per heavy atom. The van der Waals surface area contributed by atoms with Crippen LogP contribution in [0.2, 0.25) is 5.02 Å². The molecule has 0 aliphatic heterocycles. The first-order valence-electron chi connectivity index (χ1n) is 7.20. The lowest BCUT2D eigenvalue weighted by Crippen LogP contribution is -2.46. The molecule has 0 saturated heterocycles. The van der Waals surface area contributed by atoms with Gasteiger partial charge in [-0.3, -0.25) is 9.59 Å². The Morgan fingerprint density at radius 2 is 2.00 bits per heavy atom. The minimum Gasteiger partial charge on any atom is -0.497 e. The summed E-state index contributed by atoms with van der Waals surface area (Å²) in [7, 11) is 3.11. The van der Waals surface area contributed by atoms with Crippen LogP contribution in [-0.2, 0) is 16.0 Å². The topological polar surface area (TPSA) is 67.4 Å². The van der Waals surface area contributed by atoms with Gasteiger partial charge in [-0.25, -0.2) is 0 Å². The van der Waals surface area contributed by atoms with Gasteiger partial charge in [-0.1, -0.05) is 31.5 Å². The Balaban J connectivity index is 2.72. The van der Waals surface area contributed by atoms with Crippen molar-refractivity contribution in [1.29, 1.82) is 0 Å². The first-order chi connectivity index (χ1) is 10.4. The molecule has 0 radical (unpaired) electrons. The number of hydrogen-bond acceptors (Lipinski definition) is 3. The van der Waals surface area contributed by atoms with Crippen molar-refractivity contribution in [3.63, 3.8) is 0 Å². The Bertz CT molecular complexity index is 532. The van der Waals surface area contributed by atoms with Crippen LogP contribution in [0.4, 0.5) is 0 Å². The van der Waals surface area contributed by atoms with Crippen molar-refractivity contribution < 1.29 is 14.3 Å². The number of carbonyl (C=O) groups excluding carboxylic acids is 2. The molecule has 2 N–H and O–H groups in total. The molecule has 0 bridgehead atoms. The van der Waals surface area contributed by atoms with Crippen LogP contribution in [0, 0.1) is 5.92 Å². The van der Waals surface area contributed by atoms with Gasteiger partial charge in [-0.15, -0.1) is 0 Å². The lowest BCUT2D eigenvalue weighted by atomic mass is 10.0. The summed E-state index contributed by atoms with van der Waals surface area (Å²) in [5, 5.41) is 5.80. The van der Waals surface area contributed by atoms with E-state index in [-0.39, 0.29) is 18.2 Å². The van der Waals surface area contributed by atoms with Crippen LogP contribution in [0.3, 0.4) is 0 Å². The Hall–Kier alpha value is -1.75. The minimum atomic E-state index is -0.533. The average molecular weight is 327 g/mol. The maximum Gasteiger partial charge on any atom is 0.242 e. The van der Waals surface area contributed by atoms with E-state index < -0.39 is 6.04 Å². The highest BCUT2D eigenvalue weighted by Gasteiger charge is 2.21. The number of rotatable bonds is 7. The van der Waals surface area contributed by atoms with Gasteiger partial charge in [0.1, 0.15) is 11.8 Å². The Kier molecular flexibility index (Phi) is 7.18. The highest BCUT2D eigenvalue weighted by Crippen LogP contribution is 2.22. The molecule has 1 aromatic rings. The van der Waals surface area contributed by atoms with Crippen molar-refractivity contribution in [1.82, 2.24) is 10.6 Å². The van der Waals surface area contributed by atoms with E-state index in [4.69, 9.17) is 16.3 Å². The maximum absolute atomic E-state index is 12.2. The van der Waals surface area contributed by atoms with E-state index in [1.165, 1.54) is 0 Å². The fraction of sp³-hybridized carbons (Fsp3) is 0.500. The van der Waals surface area contributed by atoms with E-state index in [0.29, 0.717) is 28.7 Å². The second kappa shape index (κ2) is 8.63. The molecule has 0 aliphatic carbocycles. The standard InChI is InChI=1S/C16H23ClN2O3/c1-10(2)7-14(16(21)18-3)19-15(20)8-11-5-6-12(22-4)9-13(11)17/h5-6,9-10,14H,7-8H2,1-4H3,(H,18,21)(H,19,20)/t14-/m1/s1. The third kappa shape index (κ3) is 5.56. The molecule has 0 saturated carbocycles. The summed E-state index contributed by atoms with van der Waals surface area (Å²) in [5.41, 5.74) is 0.695. The molecule has 5 nitrogen and oxygen atoms in total. The zero-order valence-corrected chi connectivity index (χ0v) is 14.2. The smallest absolute Gasteiger partial charge is 0.242 e. The summed E-state index contributed by atoms with van der Waals surface area (Å²) < 4.78 is 5.07. The summed E-state index contributed by atoms with van der Waals surface area (Å²) >= 11 is 6.12. The number of nitrogens with one attached hydrogen (secondary N) is 2. The molecule has 6 heteroatoms. The number of likely N-dealkylation sites (N-methyl/N-ethyl adjacent to an activating group) is 1. The summed E-state index contributed by atoms with van der Waals surface area (Å²) in [6, 6.07) is 4.63. The molecule has 1 rings (SSSR count). The van der Waals surface area contributed by atoms with Crippen molar-refractivity contribution in [3.8, 4) is 5.75 Å². The van der Waals surface area contributed by atoms with Crippen molar-refractivity contribution in [2.75, 3.05) is 14.2 Å². The predicted molar refractivity (Wildman–Crippen MR) is 87.2 cm³/mol. The fourth-order valence-electron chi connectivity index (χ4n) is 2.09. The normalized spacial score (nSPS) is 11.9. The van der Waals surface area contributed by atoms with E-state index >= 15 is 0 Å². The average Bonchev–Trinajstić information content (AvgIpc) is 2.47. The minimum absolute atomic E-state index is 0.119. The van der Waals surface area contributed by atoms with E-state index in [1.54, 1.807) is 32.4 Å². The maximum atomic E-state index is 12.2. The van der Waals surface area contributed by atoms with Gasteiger partial charge in [0.25, 0.3) is 0 Å². The molecule has 22 heavy (non-hydrogen) atoms. The summed E-state index contributed by atoms with van der Waals surface area (Å²) in [6.07, 6.45) is 0.705. The zero-order chi connectivity index (χ0) is 16.7. The molecule has 1 atom stereocenters. The van der Waals surface area contributed by atoms with Crippen molar-refractivity contribution in [3.05, 3.63) is 28.8 Å². The van der Waals surface area contributed by atoms with E-state index in [0.717, 1.165) is 0 Å². The lowest BCUT2D eigenvalue weighted by molar-refractivity contribution is -0.128. The molecule has 122 valence electrons. The van der Waals surface area contributed by atoms with Gasteiger partial charge in [0.05, 0.1) is 13.5 Å². The number of carbonyl (C=O) groups is 2. The molecule has 2 amide bonds. The second-order valence-corrected chi connectivity index (χ2v) is 5.91. The third-order valence-electron chi connectivity index (χ3n) is 3.22. The van der Waals surface area contributed by atoms with Gasteiger partial charge >= 0.3 is 0 Å². The quantitative estimate of drug-likeness (QED) is 0.807. The van der Waals surface area contributed by atoms with Crippen LogP contribution in [0.5, 0.6) is 5.75 Å². The number of ether oxygens (including phenoxy) is 1. The van der Waals surface area contributed by atoms with Crippen LogP contribution >= 0.6 is 11.6 Å². The van der Waals surface area contributed by atoms with Gasteiger partial charge < -0.3 is 15.4 Å². The van der Waals surface area contributed by atoms with Crippen LogP contribution in [0.15, 0.2) is 18.2 Å². The Morgan fingerprint density at radius 1 is 1.32 bits per heavy atom. The molecular formula is C16H23ClN2O3. The molecule has 0 fully saturated rings. The van der Waals surface area contributed by atoms with Crippen LogP contribution < -0.4 is 15.4 Å². The number of hydrogen-bond donors (Lipinski definition) is 2. The molecule has 0 unspecified atom stereocenters. The third-order valence-corrected chi connectivity index (χ3v) is 3.57. The van der Waals surface area contributed by atoms with E-state index in [9.17, 15) is 9.59 Å². The zero-order valence-electron chi connectivity index (χ0n) is 13.4. The second-order valence-electron chi connectivity index (χ2n) is 5.50. The molecule has 0 spiro atoms. The van der Waals surface area contributed by atoms with Crippen molar-refractivity contribution >= 4 is 23.4 Å². The number of benzene rings is 1. The van der Waals surface area contributed by atoms with Crippen LogP contribution in [0.25, 0.3) is 0 Å². The largest absolute Gasteiger partial charge is 0.497 e. The summed E-state index contributed by atoms with van der Waals surface area (Å²) in [6.45, 7) is 4.00. The highest BCUT2D eigenvalue weighted by molar-refractivity contribution is 6.31. The molecular weight excluding hydrogens is 304 g/mol. The number of amides is 2. The Labute approximate surface area is 136 Å². The van der Waals surface area contributed by atoms with Crippen LogP contribution in [0.1, 0.15) is 25.8 Å². The van der Waals surface area contributed by atoms with E-state index in [2.05, 4.69) is 10.6 Å². The van der Waals surface area contributed by atoms with Gasteiger partial charge in [0.2, 0.25) is 11.8 Å². The van der Waals surface area contributed by atoms with Gasteiger partial charge in [-0.05, 0) is 30.0 Å². The number of halogens is 1. The molecule has 0 heterocycles. The SMILES string of the molecule is CNC(=O)[C@@H](CC(C)C)NC(=O)Cc1ccc(OC)cc1Cl. The highest BCUT2D eigenvalue weighted by atomic mass is 35.5. The van der Waals surface area contributed by atoms with Crippen molar-refractivity contribution in [2.24, 2.45) is 5.92 Å². The van der Waals surface area contributed by atoms with Crippen molar-refractivity contribution in [2.45, 2.75) is 32.7 Å². The summed E-state index contributed by atoms with van der Waals surface area (Å²) in [5.74, 6) is 0.508. The molecule has 0 aliphatic rings. The van der Waals surface area contributed by atoms with Gasteiger partial charge in [-0.2, -0.15) is 0 Å². The molecule has 0 aromatic heterocycles. The molecule has 1 aromatic carbocycles. The lowest BCUT2D eigenvalue weighted by Gasteiger charge is -2.19. The number of methoxy groups -OCH3 is 1. The fourth-order valence-corrected chi connectivity index (χ4v) is 2.33. The first-order valence-corrected chi connectivity index (χ1v) is 7.58. The van der Waals surface area contributed by atoms with Crippen LogP contribution in [-0.4, -0.2) is 32.0 Å². The summed E-state index contributed by atoms with van der Waals surface area (Å²) in [4.78, 5) is 24.0. The monoisotopic (exact) mass is 326 g/mol.